The van der Waals surface area contributed by atoms with Crippen LogP contribution < -0.4 is 10.6 Å². The van der Waals surface area contributed by atoms with Crippen molar-refractivity contribution in [3.63, 3.8) is 0 Å². The second-order valence-electron chi connectivity index (χ2n) is 6.94. The van der Waals surface area contributed by atoms with Gasteiger partial charge in [-0.25, -0.2) is 4.98 Å². The summed E-state index contributed by atoms with van der Waals surface area (Å²) in [5, 5.41) is 5.83. The monoisotopic (exact) mass is 354 g/mol. The number of rotatable bonds is 8. The molecule has 1 aromatic heterocycles. The molecule has 1 saturated carbocycles. The van der Waals surface area contributed by atoms with Gasteiger partial charge < -0.3 is 15.6 Å². The number of carbonyl (C=O) groups excluding carboxylic acids is 2. The topological polar surface area (TPSA) is 86.9 Å². The fourth-order valence-corrected chi connectivity index (χ4v) is 3.03. The first kappa shape index (κ1) is 18.2. The molecule has 0 unspecified atom stereocenters. The molecule has 3 N–H and O–H groups in total. The van der Waals surface area contributed by atoms with Crippen molar-refractivity contribution >= 4 is 11.8 Å². The molecule has 3 atom stereocenters. The third-order valence-corrected chi connectivity index (χ3v) is 4.85. The number of nitrogens with one attached hydrogen (secondary N) is 3. The predicted octanol–water partition coefficient (Wildman–Crippen LogP) is 2.81. The first-order valence-electron chi connectivity index (χ1n) is 9.26. The van der Waals surface area contributed by atoms with E-state index >= 15 is 0 Å². The number of H-pyrrole nitrogens is 1. The second kappa shape index (κ2) is 8.17. The molecule has 1 heterocycles. The zero-order chi connectivity index (χ0) is 18.5. The number of hydrogen-bond donors (Lipinski definition) is 3. The van der Waals surface area contributed by atoms with Crippen LogP contribution >= 0.6 is 0 Å². The largest absolute Gasteiger partial charge is 0.355 e. The number of nitrogens with zero attached hydrogens (tertiary/aromatic N) is 1. The van der Waals surface area contributed by atoms with Gasteiger partial charge in [-0.1, -0.05) is 44.2 Å². The van der Waals surface area contributed by atoms with E-state index in [1.807, 2.05) is 37.3 Å². The molecule has 1 aliphatic rings. The maximum Gasteiger partial charge on any atom is 0.223 e. The number of imidazole rings is 1. The number of aromatic amines is 1. The highest BCUT2D eigenvalue weighted by Gasteiger charge is 2.38. The average molecular weight is 354 g/mol. The van der Waals surface area contributed by atoms with Crippen LogP contribution in [0.1, 0.15) is 45.0 Å². The second-order valence-corrected chi connectivity index (χ2v) is 6.94. The highest BCUT2D eigenvalue weighted by atomic mass is 16.2. The SMILES string of the molecule is CC[C@H](NC(=O)CCNC(=O)[C@H]1C[C@H]1C)c1ncc(-c2ccccc2)[nH]1. The van der Waals surface area contributed by atoms with Crippen LogP contribution in [-0.4, -0.2) is 28.3 Å². The minimum atomic E-state index is -0.167. The van der Waals surface area contributed by atoms with E-state index in [1.165, 1.54) is 0 Å². The molecule has 138 valence electrons. The van der Waals surface area contributed by atoms with E-state index in [0.29, 0.717) is 12.5 Å². The lowest BCUT2D eigenvalue weighted by Crippen LogP contribution is -2.33. The zero-order valence-electron chi connectivity index (χ0n) is 15.3. The summed E-state index contributed by atoms with van der Waals surface area (Å²) < 4.78 is 0. The van der Waals surface area contributed by atoms with E-state index in [-0.39, 0.29) is 30.2 Å². The van der Waals surface area contributed by atoms with Crippen molar-refractivity contribution in [2.75, 3.05) is 6.54 Å². The van der Waals surface area contributed by atoms with Crippen LogP contribution in [0.15, 0.2) is 36.5 Å². The molecule has 6 heteroatoms. The Morgan fingerprint density at radius 3 is 2.69 bits per heavy atom. The summed E-state index contributed by atoms with van der Waals surface area (Å²) >= 11 is 0. The summed E-state index contributed by atoms with van der Waals surface area (Å²) in [6.45, 7) is 4.44. The molecule has 0 spiro atoms. The van der Waals surface area contributed by atoms with Crippen molar-refractivity contribution in [2.24, 2.45) is 11.8 Å². The molecule has 0 saturated heterocycles. The molecule has 0 aliphatic heterocycles. The van der Waals surface area contributed by atoms with E-state index in [0.717, 1.165) is 29.9 Å². The summed E-state index contributed by atoms with van der Waals surface area (Å²) in [5.41, 5.74) is 1.99. The van der Waals surface area contributed by atoms with Crippen molar-refractivity contribution in [1.29, 1.82) is 0 Å². The summed E-state index contributed by atoms with van der Waals surface area (Å²) in [4.78, 5) is 31.7. The van der Waals surface area contributed by atoms with Crippen molar-refractivity contribution < 1.29 is 9.59 Å². The summed E-state index contributed by atoms with van der Waals surface area (Å²) in [6.07, 6.45) is 3.75. The lowest BCUT2D eigenvalue weighted by atomic mass is 10.2. The highest BCUT2D eigenvalue weighted by molar-refractivity contribution is 5.82. The lowest BCUT2D eigenvalue weighted by Gasteiger charge is -2.15. The summed E-state index contributed by atoms with van der Waals surface area (Å²) in [7, 11) is 0. The molecule has 26 heavy (non-hydrogen) atoms. The van der Waals surface area contributed by atoms with E-state index in [1.54, 1.807) is 6.20 Å². The summed E-state index contributed by atoms with van der Waals surface area (Å²) in [6, 6.07) is 9.79. The Kier molecular flexibility index (Phi) is 5.71. The van der Waals surface area contributed by atoms with E-state index in [9.17, 15) is 9.59 Å². The minimum absolute atomic E-state index is 0.0656. The van der Waals surface area contributed by atoms with Gasteiger partial charge in [0.15, 0.2) is 0 Å². The van der Waals surface area contributed by atoms with Crippen LogP contribution in [0.4, 0.5) is 0 Å². The van der Waals surface area contributed by atoms with Gasteiger partial charge in [0.2, 0.25) is 11.8 Å². The van der Waals surface area contributed by atoms with E-state index in [2.05, 4.69) is 27.5 Å². The Bertz CT molecular complexity index is 756. The van der Waals surface area contributed by atoms with Gasteiger partial charge in [0, 0.05) is 18.9 Å². The highest BCUT2D eigenvalue weighted by Crippen LogP contribution is 2.37. The Hall–Kier alpha value is -2.63. The molecule has 2 aromatic rings. The van der Waals surface area contributed by atoms with Gasteiger partial charge in [0.05, 0.1) is 17.9 Å². The average Bonchev–Trinajstić information content (AvgIpc) is 3.19. The van der Waals surface area contributed by atoms with Gasteiger partial charge in [0.1, 0.15) is 5.82 Å². The van der Waals surface area contributed by atoms with Crippen LogP contribution in [0.5, 0.6) is 0 Å². The smallest absolute Gasteiger partial charge is 0.223 e. The maximum atomic E-state index is 12.2. The first-order chi connectivity index (χ1) is 12.6. The maximum absolute atomic E-state index is 12.2. The molecule has 1 fully saturated rings. The van der Waals surface area contributed by atoms with Crippen molar-refractivity contribution in [2.45, 2.75) is 39.2 Å². The standard InChI is InChI=1S/C20H26N4O2/c1-3-16(19-22-12-17(24-19)14-7-5-4-6-8-14)23-18(25)9-10-21-20(26)15-11-13(15)2/h4-8,12-13,15-16H,3,9-11H2,1-2H3,(H,21,26)(H,22,24)(H,23,25)/t13-,15+,16+/m1/s1. The molecule has 3 rings (SSSR count). The van der Waals surface area contributed by atoms with Crippen molar-refractivity contribution in [3.8, 4) is 11.3 Å². The lowest BCUT2D eigenvalue weighted by molar-refractivity contribution is -0.123. The fraction of sp³-hybridized carbons (Fsp3) is 0.450. The normalized spacial score (nSPS) is 19.6. The predicted molar refractivity (Wildman–Crippen MR) is 100 cm³/mol. The zero-order valence-corrected chi connectivity index (χ0v) is 15.3. The van der Waals surface area contributed by atoms with Crippen molar-refractivity contribution in [1.82, 2.24) is 20.6 Å². The molecule has 2 amide bonds. The number of amides is 2. The summed E-state index contributed by atoms with van der Waals surface area (Å²) in [5.74, 6) is 1.34. The van der Waals surface area contributed by atoms with Crippen LogP contribution in [0.25, 0.3) is 11.3 Å². The molecule has 0 bridgehead atoms. The van der Waals surface area contributed by atoms with Gasteiger partial charge in [-0.2, -0.15) is 0 Å². The molecule has 0 radical (unpaired) electrons. The van der Waals surface area contributed by atoms with Crippen LogP contribution in [-0.2, 0) is 9.59 Å². The third kappa shape index (κ3) is 4.50. The Morgan fingerprint density at radius 2 is 2.04 bits per heavy atom. The fourth-order valence-electron chi connectivity index (χ4n) is 3.03. The Morgan fingerprint density at radius 1 is 1.31 bits per heavy atom. The Balaban J connectivity index is 1.50. The molecule has 1 aliphatic carbocycles. The molecular formula is C20H26N4O2. The van der Waals surface area contributed by atoms with Crippen LogP contribution in [0, 0.1) is 11.8 Å². The van der Waals surface area contributed by atoms with Crippen molar-refractivity contribution in [3.05, 3.63) is 42.4 Å². The van der Waals surface area contributed by atoms with Gasteiger partial charge in [0.25, 0.3) is 0 Å². The minimum Gasteiger partial charge on any atom is -0.355 e. The van der Waals surface area contributed by atoms with Gasteiger partial charge in [-0.05, 0) is 24.3 Å². The van der Waals surface area contributed by atoms with Crippen LogP contribution in [0.3, 0.4) is 0 Å². The number of carbonyl (C=O) groups is 2. The number of aromatic nitrogens is 2. The Labute approximate surface area is 153 Å². The quantitative estimate of drug-likeness (QED) is 0.681. The van der Waals surface area contributed by atoms with Gasteiger partial charge in [-0.15, -0.1) is 0 Å². The van der Waals surface area contributed by atoms with E-state index < -0.39 is 0 Å². The molecule has 6 nitrogen and oxygen atoms in total. The van der Waals surface area contributed by atoms with Crippen LogP contribution in [0.2, 0.25) is 0 Å². The first-order valence-corrected chi connectivity index (χ1v) is 9.26. The number of benzene rings is 1. The van der Waals surface area contributed by atoms with Gasteiger partial charge in [-0.3, -0.25) is 9.59 Å². The van der Waals surface area contributed by atoms with E-state index in [4.69, 9.17) is 0 Å². The molecule has 1 aromatic carbocycles. The molecular weight excluding hydrogens is 328 g/mol. The van der Waals surface area contributed by atoms with Gasteiger partial charge >= 0.3 is 0 Å². The number of hydrogen-bond acceptors (Lipinski definition) is 3. The third-order valence-electron chi connectivity index (χ3n) is 4.85.